The van der Waals surface area contributed by atoms with Crippen LogP contribution in [0.25, 0.3) is 0 Å². The van der Waals surface area contributed by atoms with Crippen LogP contribution in [0.4, 0.5) is 0 Å². The van der Waals surface area contributed by atoms with Crippen LogP contribution in [0.15, 0.2) is 0 Å². The molecule has 1 aliphatic rings. The average Bonchev–Trinajstić information content (AvgIpc) is 2.11. The van der Waals surface area contributed by atoms with Gasteiger partial charge in [0.25, 0.3) is 0 Å². The summed E-state index contributed by atoms with van der Waals surface area (Å²) in [6, 6.07) is -0.183. The van der Waals surface area contributed by atoms with Gasteiger partial charge in [0.1, 0.15) is 0 Å². The Morgan fingerprint density at radius 1 is 1.71 bits per heavy atom. The highest BCUT2D eigenvalue weighted by Crippen LogP contribution is 2.42. The molecule has 0 heterocycles. The second-order valence-electron chi connectivity index (χ2n) is 4.19. The van der Waals surface area contributed by atoms with Crippen molar-refractivity contribution in [1.29, 1.82) is 0 Å². The molecule has 0 bridgehead atoms. The SMILES string of the molecule is C#CC(C)NC(=O)CC1(CN)CCC1. The van der Waals surface area contributed by atoms with E-state index in [0.717, 1.165) is 12.8 Å². The normalized spacial score (nSPS) is 20.4. The molecule has 1 atom stereocenters. The first-order chi connectivity index (χ1) is 6.62. The summed E-state index contributed by atoms with van der Waals surface area (Å²) < 4.78 is 0. The number of nitrogens with two attached hydrogens (primary N) is 1. The molecule has 14 heavy (non-hydrogen) atoms. The van der Waals surface area contributed by atoms with Crippen molar-refractivity contribution in [3.63, 3.8) is 0 Å². The summed E-state index contributed by atoms with van der Waals surface area (Å²) in [4.78, 5) is 11.5. The van der Waals surface area contributed by atoms with E-state index >= 15 is 0 Å². The van der Waals surface area contributed by atoms with Crippen molar-refractivity contribution < 1.29 is 4.79 Å². The fraction of sp³-hybridized carbons (Fsp3) is 0.727. The smallest absolute Gasteiger partial charge is 0.221 e. The maximum atomic E-state index is 11.5. The number of carbonyl (C=O) groups is 1. The van der Waals surface area contributed by atoms with Crippen LogP contribution in [0.2, 0.25) is 0 Å². The number of hydrogen-bond donors (Lipinski definition) is 2. The summed E-state index contributed by atoms with van der Waals surface area (Å²) in [5.41, 5.74) is 5.73. The van der Waals surface area contributed by atoms with Gasteiger partial charge in [0.05, 0.1) is 6.04 Å². The lowest BCUT2D eigenvalue weighted by Crippen LogP contribution is -2.43. The van der Waals surface area contributed by atoms with Gasteiger partial charge in [-0.3, -0.25) is 4.79 Å². The summed E-state index contributed by atoms with van der Waals surface area (Å²) >= 11 is 0. The second-order valence-corrected chi connectivity index (χ2v) is 4.19. The summed E-state index contributed by atoms with van der Waals surface area (Å²) in [5, 5.41) is 2.76. The summed E-state index contributed by atoms with van der Waals surface area (Å²) in [5.74, 6) is 2.50. The third-order valence-electron chi connectivity index (χ3n) is 3.01. The first-order valence-electron chi connectivity index (χ1n) is 5.07. The Labute approximate surface area is 85.4 Å². The minimum absolute atomic E-state index is 0.0283. The Hall–Kier alpha value is -1.01. The molecule has 3 heteroatoms. The number of amides is 1. The number of hydrogen-bond acceptors (Lipinski definition) is 2. The highest BCUT2D eigenvalue weighted by atomic mass is 16.1. The lowest BCUT2D eigenvalue weighted by atomic mass is 9.66. The fourth-order valence-corrected chi connectivity index (χ4v) is 1.80. The molecular formula is C11H18N2O. The topological polar surface area (TPSA) is 55.1 Å². The van der Waals surface area contributed by atoms with E-state index in [9.17, 15) is 4.79 Å². The van der Waals surface area contributed by atoms with Gasteiger partial charge in [-0.1, -0.05) is 12.3 Å². The minimum atomic E-state index is -0.183. The Morgan fingerprint density at radius 2 is 2.36 bits per heavy atom. The molecule has 1 fully saturated rings. The molecule has 1 aliphatic carbocycles. The second kappa shape index (κ2) is 4.47. The molecule has 0 radical (unpaired) electrons. The van der Waals surface area contributed by atoms with Gasteiger partial charge in [0, 0.05) is 6.42 Å². The van der Waals surface area contributed by atoms with E-state index in [1.54, 1.807) is 6.92 Å². The molecule has 0 aromatic heterocycles. The van der Waals surface area contributed by atoms with E-state index in [1.165, 1.54) is 6.42 Å². The monoisotopic (exact) mass is 194 g/mol. The minimum Gasteiger partial charge on any atom is -0.343 e. The van der Waals surface area contributed by atoms with Crippen molar-refractivity contribution >= 4 is 5.91 Å². The van der Waals surface area contributed by atoms with Gasteiger partial charge in [-0.15, -0.1) is 6.42 Å². The lowest BCUT2D eigenvalue weighted by molar-refractivity contribution is -0.125. The highest BCUT2D eigenvalue weighted by Gasteiger charge is 2.37. The molecule has 0 saturated heterocycles. The lowest BCUT2D eigenvalue weighted by Gasteiger charge is -2.40. The Kier molecular flexibility index (Phi) is 3.54. The standard InChI is InChI=1S/C11H18N2O/c1-3-9(2)13-10(14)7-11(8-12)5-4-6-11/h1,9H,4-8,12H2,2H3,(H,13,14). The highest BCUT2D eigenvalue weighted by molar-refractivity contribution is 5.77. The molecular weight excluding hydrogens is 176 g/mol. The summed E-state index contributed by atoms with van der Waals surface area (Å²) in [7, 11) is 0. The molecule has 0 spiro atoms. The van der Waals surface area contributed by atoms with Crippen LogP contribution in [0, 0.1) is 17.8 Å². The molecule has 1 saturated carbocycles. The molecule has 3 nitrogen and oxygen atoms in total. The van der Waals surface area contributed by atoms with E-state index in [0.29, 0.717) is 13.0 Å². The quantitative estimate of drug-likeness (QED) is 0.645. The van der Waals surface area contributed by atoms with E-state index < -0.39 is 0 Å². The van der Waals surface area contributed by atoms with E-state index in [-0.39, 0.29) is 17.4 Å². The van der Waals surface area contributed by atoms with Crippen LogP contribution in [0.1, 0.15) is 32.6 Å². The number of carbonyl (C=O) groups excluding carboxylic acids is 1. The first kappa shape index (κ1) is 11.1. The molecule has 1 rings (SSSR count). The molecule has 0 aromatic carbocycles. The zero-order valence-electron chi connectivity index (χ0n) is 8.68. The van der Waals surface area contributed by atoms with Gasteiger partial charge >= 0.3 is 0 Å². The maximum absolute atomic E-state index is 11.5. The van der Waals surface area contributed by atoms with Gasteiger partial charge in [-0.05, 0) is 31.7 Å². The van der Waals surface area contributed by atoms with E-state index in [1.807, 2.05) is 0 Å². The van der Waals surface area contributed by atoms with Gasteiger partial charge in [-0.2, -0.15) is 0 Å². The predicted octanol–water partition coefficient (Wildman–Crippen LogP) is 0.643. The Morgan fingerprint density at radius 3 is 2.71 bits per heavy atom. The third kappa shape index (κ3) is 2.49. The summed E-state index contributed by atoms with van der Waals surface area (Å²) in [6.07, 6.45) is 9.03. The van der Waals surface area contributed by atoms with Crippen LogP contribution in [0.3, 0.4) is 0 Å². The van der Waals surface area contributed by atoms with Crippen LogP contribution in [0.5, 0.6) is 0 Å². The van der Waals surface area contributed by atoms with Crippen LogP contribution >= 0.6 is 0 Å². The average molecular weight is 194 g/mol. The molecule has 78 valence electrons. The predicted molar refractivity (Wildman–Crippen MR) is 56.4 cm³/mol. The van der Waals surface area contributed by atoms with Crippen molar-refractivity contribution in [1.82, 2.24) is 5.32 Å². The molecule has 1 amide bonds. The number of terminal acetylenes is 1. The third-order valence-corrected chi connectivity index (χ3v) is 3.01. The fourth-order valence-electron chi connectivity index (χ4n) is 1.80. The van der Waals surface area contributed by atoms with Crippen molar-refractivity contribution in [2.45, 2.75) is 38.6 Å². The first-order valence-corrected chi connectivity index (χ1v) is 5.07. The zero-order valence-corrected chi connectivity index (χ0v) is 8.68. The van der Waals surface area contributed by atoms with Gasteiger partial charge in [-0.25, -0.2) is 0 Å². The zero-order chi connectivity index (χ0) is 10.6. The Bertz CT molecular complexity index is 245. The van der Waals surface area contributed by atoms with Crippen molar-refractivity contribution in [2.75, 3.05) is 6.54 Å². The molecule has 0 aromatic rings. The summed E-state index contributed by atoms with van der Waals surface area (Å²) in [6.45, 7) is 2.40. The van der Waals surface area contributed by atoms with Gasteiger partial charge < -0.3 is 11.1 Å². The molecule has 0 aliphatic heterocycles. The van der Waals surface area contributed by atoms with E-state index in [2.05, 4.69) is 11.2 Å². The molecule has 3 N–H and O–H groups in total. The van der Waals surface area contributed by atoms with Crippen molar-refractivity contribution in [3.05, 3.63) is 0 Å². The van der Waals surface area contributed by atoms with Crippen LogP contribution in [-0.2, 0) is 4.79 Å². The number of nitrogens with one attached hydrogen (secondary N) is 1. The van der Waals surface area contributed by atoms with Crippen molar-refractivity contribution in [2.24, 2.45) is 11.1 Å². The van der Waals surface area contributed by atoms with Crippen LogP contribution < -0.4 is 11.1 Å². The largest absolute Gasteiger partial charge is 0.343 e. The van der Waals surface area contributed by atoms with Gasteiger partial charge in [0.2, 0.25) is 5.91 Å². The Balaban J connectivity index is 2.37. The van der Waals surface area contributed by atoms with Gasteiger partial charge in [0.15, 0.2) is 0 Å². The number of rotatable bonds is 4. The van der Waals surface area contributed by atoms with Crippen molar-refractivity contribution in [3.8, 4) is 12.3 Å². The molecule has 1 unspecified atom stereocenters. The van der Waals surface area contributed by atoms with E-state index in [4.69, 9.17) is 12.2 Å². The maximum Gasteiger partial charge on any atom is 0.221 e. The van der Waals surface area contributed by atoms with Crippen LogP contribution in [-0.4, -0.2) is 18.5 Å².